The summed E-state index contributed by atoms with van der Waals surface area (Å²) in [7, 11) is 0. The van der Waals surface area contributed by atoms with E-state index in [0.717, 1.165) is 48.1 Å². The molecule has 100 valence electrons. The monoisotopic (exact) mass is 257 g/mol. The molecule has 0 atom stereocenters. The van der Waals surface area contributed by atoms with E-state index in [1.165, 1.54) is 0 Å². The zero-order valence-electron chi connectivity index (χ0n) is 11.1. The van der Waals surface area contributed by atoms with Crippen LogP contribution in [0.1, 0.15) is 41.9 Å². The number of hydrogen-bond donors (Lipinski definition) is 2. The molecule has 1 aromatic carbocycles. The maximum atomic E-state index is 12.5. The van der Waals surface area contributed by atoms with Crippen LogP contribution in [0.4, 0.5) is 0 Å². The minimum absolute atomic E-state index is 0.140. The lowest BCUT2D eigenvalue weighted by molar-refractivity contribution is 0.0885. The number of hydrogen-bond acceptors (Lipinski definition) is 3. The second-order valence-corrected chi connectivity index (χ2v) is 5.53. The van der Waals surface area contributed by atoms with Gasteiger partial charge in [-0.05, 0) is 50.8 Å². The molecule has 0 radical (unpaired) electrons. The zero-order valence-corrected chi connectivity index (χ0v) is 11.1. The van der Waals surface area contributed by atoms with Gasteiger partial charge in [0.2, 0.25) is 0 Å². The molecular formula is C15H19N3O. The Morgan fingerprint density at radius 1 is 1.32 bits per heavy atom. The molecule has 0 saturated heterocycles. The summed E-state index contributed by atoms with van der Waals surface area (Å²) >= 11 is 0. The van der Waals surface area contributed by atoms with Gasteiger partial charge in [-0.2, -0.15) is 0 Å². The van der Waals surface area contributed by atoms with E-state index in [9.17, 15) is 4.79 Å². The number of benzene rings is 1. The van der Waals surface area contributed by atoms with Crippen LogP contribution < -0.4 is 5.73 Å². The Kier molecular flexibility index (Phi) is 3.11. The lowest BCUT2D eigenvalue weighted by atomic mass is 9.82. The van der Waals surface area contributed by atoms with E-state index >= 15 is 0 Å². The first kappa shape index (κ1) is 12.4. The van der Waals surface area contributed by atoms with Gasteiger partial charge < -0.3 is 10.7 Å². The zero-order chi connectivity index (χ0) is 13.4. The molecule has 1 fully saturated rings. The summed E-state index contributed by atoms with van der Waals surface area (Å²) in [6, 6.07) is 6.01. The third kappa shape index (κ3) is 2.40. The fourth-order valence-electron chi connectivity index (χ4n) is 2.91. The topological polar surface area (TPSA) is 71.8 Å². The molecule has 19 heavy (non-hydrogen) atoms. The number of carbonyl (C=O) groups is 1. The van der Waals surface area contributed by atoms with Crippen molar-refractivity contribution in [3.63, 3.8) is 0 Å². The molecular weight excluding hydrogens is 238 g/mol. The van der Waals surface area contributed by atoms with Gasteiger partial charge in [-0.25, -0.2) is 4.98 Å². The van der Waals surface area contributed by atoms with Crippen LogP contribution in [0.2, 0.25) is 0 Å². The smallest absolute Gasteiger partial charge is 0.166 e. The molecule has 2 aromatic rings. The van der Waals surface area contributed by atoms with Crippen molar-refractivity contribution in [1.29, 1.82) is 0 Å². The molecule has 1 aromatic heterocycles. The SMILES string of the molecule is Cc1nc2ccc(C(=O)C3CCC(N)CC3)cc2[nH]1. The van der Waals surface area contributed by atoms with Crippen molar-refractivity contribution in [3.05, 3.63) is 29.6 Å². The van der Waals surface area contributed by atoms with E-state index in [4.69, 9.17) is 5.73 Å². The van der Waals surface area contributed by atoms with Gasteiger partial charge in [0.25, 0.3) is 0 Å². The summed E-state index contributed by atoms with van der Waals surface area (Å²) in [6.45, 7) is 1.92. The van der Waals surface area contributed by atoms with Crippen LogP contribution in [0.5, 0.6) is 0 Å². The fraction of sp³-hybridized carbons (Fsp3) is 0.467. The average molecular weight is 257 g/mol. The highest BCUT2D eigenvalue weighted by Gasteiger charge is 2.25. The number of nitrogens with two attached hydrogens (primary N) is 1. The normalized spacial score (nSPS) is 23.7. The van der Waals surface area contributed by atoms with Gasteiger partial charge in [0.05, 0.1) is 11.0 Å². The van der Waals surface area contributed by atoms with E-state index < -0.39 is 0 Å². The summed E-state index contributed by atoms with van der Waals surface area (Å²) in [5.74, 6) is 1.27. The number of H-pyrrole nitrogens is 1. The van der Waals surface area contributed by atoms with Crippen LogP contribution in [0.3, 0.4) is 0 Å². The Bertz CT molecular complexity index is 609. The molecule has 4 nitrogen and oxygen atoms in total. The molecule has 3 N–H and O–H groups in total. The van der Waals surface area contributed by atoms with Crippen LogP contribution >= 0.6 is 0 Å². The van der Waals surface area contributed by atoms with Crippen molar-refractivity contribution in [2.75, 3.05) is 0 Å². The number of ketones is 1. The van der Waals surface area contributed by atoms with Crippen molar-refractivity contribution in [2.24, 2.45) is 11.7 Å². The molecule has 3 rings (SSSR count). The summed E-state index contributed by atoms with van der Waals surface area (Å²) in [5, 5.41) is 0. The van der Waals surface area contributed by atoms with Crippen LogP contribution in [0.25, 0.3) is 11.0 Å². The number of imidazole rings is 1. The standard InChI is InChI=1S/C15H19N3O/c1-9-17-13-7-4-11(8-14(13)18-9)15(19)10-2-5-12(16)6-3-10/h4,7-8,10,12H,2-3,5-6,16H2,1H3,(H,17,18). The quantitative estimate of drug-likeness (QED) is 0.812. The van der Waals surface area contributed by atoms with Crippen LogP contribution in [-0.4, -0.2) is 21.8 Å². The Labute approximate surface area is 112 Å². The molecule has 1 saturated carbocycles. The van der Waals surface area contributed by atoms with Crippen LogP contribution in [0.15, 0.2) is 18.2 Å². The Hall–Kier alpha value is -1.68. The summed E-state index contributed by atoms with van der Waals surface area (Å²) in [6.07, 6.45) is 3.75. The fourth-order valence-corrected chi connectivity index (χ4v) is 2.91. The Morgan fingerprint density at radius 2 is 2.05 bits per heavy atom. The molecule has 0 unspecified atom stereocenters. The molecule has 1 heterocycles. The number of carbonyl (C=O) groups excluding carboxylic acids is 1. The third-order valence-electron chi connectivity index (χ3n) is 4.03. The number of fused-ring (bicyclic) bond motifs is 1. The molecule has 4 heteroatoms. The molecule has 1 aliphatic carbocycles. The molecule has 0 bridgehead atoms. The van der Waals surface area contributed by atoms with Crippen molar-refractivity contribution >= 4 is 16.8 Å². The minimum atomic E-state index is 0.140. The lowest BCUT2D eigenvalue weighted by Gasteiger charge is -2.24. The van der Waals surface area contributed by atoms with Gasteiger partial charge in [0.1, 0.15) is 5.82 Å². The first-order chi connectivity index (χ1) is 9.13. The van der Waals surface area contributed by atoms with E-state index in [1.807, 2.05) is 25.1 Å². The predicted octanol–water partition coefficient (Wildman–Crippen LogP) is 2.57. The van der Waals surface area contributed by atoms with Gasteiger partial charge in [0, 0.05) is 17.5 Å². The highest BCUT2D eigenvalue weighted by Crippen LogP contribution is 2.27. The van der Waals surface area contributed by atoms with Crippen LogP contribution in [0, 0.1) is 12.8 Å². The number of aromatic amines is 1. The molecule has 1 aliphatic rings. The maximum absolute atomic E-state index is 12.5. The molecule has 0 aliphatic heterocycles. The van der Waals surface area contributed by atoms with Gasteiger partial charge in [0.15, 0.2) is 5.78 Å². The van der Waals surface area contributed by atoms with Gasteiger partial charge in [-0.3, -0.25) is 4.79 Å². The second kappa shape index (κ2) is 4.78. The van der Waals surface area contributed by atoms with E-state index in [-0.39, 0.29) is 17.7 Å². The number of aromatic nitrogens is 2. The molecule has 0 amide bonds. The van der Waals surface area contributed by atoms with E-state index in [2.05, 4.69) is 9.97 Å². The van der Waals surface area contributed by atoms with Crippen LogP contribution in [-0.2, 0) is 0 Å². The summed E-state index contributed by atoms with van der Waals surface area (Å²) < 4.78 is 0. The van der Waals surface area contributed by atoms with Crippen molar-refractivity contribution in [3.8, 4) is 0 Å². The minimum Gasteiger partial charge on any atom is -0.342 e. The summed E-state index contributed by atoms with van der Waals surface area (Å²) in [5.41, 5.74) is 8.53. The number of rotatable bonds is 2. The van der Waals surface area contributed by atoms with E-state index in [0.29, 0.717) is 0 Å². The number of nitrogens with one attached hydrogen (secondary N) is 1. The van der Waals surface area contributed by atoms with Gasteiger partial charge in [-0.15, -0.1) is 0 Å². The highest BCUT2D eigenvalue weighted by atomic mass is 16.1. The first-order valence-electron chi connectivity index (χ1n) is 6.89. The third-order valence-corrected chi connectivity index (χ3v) is 4.03. The number of nitrogens with zero attached hydrogens (tertiary/aromatic N) is 1. The largest absolute Gasteiger partial charge is 0.342 e. The summed E-state index contributed by atoms with van der Waals surface area (Å²) in [4.78, 5) is 20.0. The highest BCUT2D eigenvalue weighted by molar-refractivity contribution is 6.00. The molecule has 0 spiro atoms. The number of Topliss-reactive ketones (excluding diaryl/α,β-unsaturated/α-hetero) is 1. The Morgan fingerprint density at radius 3 is 2.79 bits per heavy atom. The number of aryl methyl sites for hydroxylation is 1. The second-order valence-electron chi connectivity index (χ2n) is 5.53. The van der Waals surface area contributed by atoms with E-state index in [1.54, 1.807) is 0 Å². The first-order valence-corrected chi connectivity index (χ1v) is 6.89. The average Bonchev–Trinajstić information content (AvgIpc) is 2.77. The van der Waals surface area contributed by atoms with Crippen molar-refractivity contribution in [2.45, 2.75) is 38.6 Å². The van der Waals surface area contributed by atoms with Gasteiger partial charge in [-0.1, -0.05) is 0 Å². The lowest BCUT2D eigenvalue weighted by Crippen LogP contribution is -2.29. The van der Waals surface area contributed by atoms with Crippen molar-refractivity contribution < 1.29 is 4.79 Å². The van der Waals surface area contributed by atoms with Crippen molar-refractivity contribution in [1.82, 2.24) is 9.97 Å². The maximum Gasteiger partial charge on any atom is 0.166 e. The van der Waals surface area contributed by atoms with Gasteiger partial charge >= 0.3 is 0 Å². The predicted molar refractivity (Wildman–Crippen MR) is 75.1 cm³/mol. The Balaban J connectivity index is 1.84.